The molecule has 0 N–H and O–H groups in total. The maximum absolute atomic E-state index is 11.8. The van der Waals surface area contributed by atoms with E-state index in [4.69, 9.17) is 13.7 Å². The summed E-state index contributed by atoms with van der Waals surface area (Å²) in [5, 5.41) is 0. The highest BCUT2D eigenvalue weighted by Gasteiger charge is 2.50. The summed E-state index contributed by atoms with van der Waals surface area (Å²) >= 11 is 0. The molecule has 0 radical (unpaired) electrons. The minimum atomic E-state index is -0.342. The van der Waals surface area contributed by atoms with Gasteiger partial charge in [-0.2, -0.15) is 0 Å². The molecule has 0 amide bonds. The fourth-order valence-corrected chi connectivity index (χ4v) is 1.89. The van der Waals surface area contributed by atoms with Gasteiger partial charge in [0.15, 0.2) is 11.5 Å². The molecule has 1 aromatic heterocycles. The molecule has 0 aromatic carbocycles. The first-order valence-electron chi connectivity index (χ1n) is 6.24. The van der Waals surface area contributed by atoms with E-state index in [1.807, 2.05) is 27.7 Å². The van der Waals surface area contributed by atoms with Gasteiger partial charge in [0.1, 0.15) is 0 Å². The minimum absolute atomic E-state index is 0.0188. The standard InChI is InChI=1S/C13H19BO4/c1-12(2)13(3,4)18-14(17-12)8-7-10(15)11-6-5-9-16-11/h5-6,9H,7-8H2,1-4H3. The third-order valence-electron chi connectivity index (χ3n) is 3.71. The summed E-state index contributed by atoms with van der Waals surface area (Å²) in [5.41, 5.74) is -0.684. The summed E-state index contributed by atoms with van der Waals surface area (Å²) in [5.74, 6) is 0.376. The molecule has 4 nitrogen and oxygen atoms in total. The molecule has 2 heterocycles. The van der Waals surface area contributed by atoms with Gasteiger partial charge in [0.05, 0.1) is 17.5 Å². The first-order chi connectivity index (χ1) is 8.32. The lowest BCUT2D eigenvalue weighted by atomic mass is 9.82. The zero-order valence-electron chi connectivity index (χ0n) is 11.4. The molecule has 18 heavy (non-hydrogen) atoms. The number of rotatable bonds is 4. The first-order valence-corrected chi connectivity index (χ1v) is 6.24. The van der Waals surface area contributed by atoms with E-state index < -0.39 is 0 Å². The Balaban J connectivity index is 1.88. The second-order valence-corrected chi connectivity index (χ2v) is 5.63. The third-order valence-corrected chi connectivity index (χ3v) is 3.71. The van der Waals surface area contributed by atoms with Crippen molar-refractivity contribution in [3.8, 4) is 0 Å². The number of carbonyl (C=O) groups is 1. The van der Waals surface area contributed by atoms with Crippen molar-refractivity contribution in [2.45, 2.75) is 51.6 Å². The largest absolute Gasteiger partial charge is 0.461 e. The van der Waals surface area contributed by atoms with Crippen LogP contribution in [0.1, 0.15) is 44.7 Å². The number of furan rings is 1. The highest BCUT2D eigenvalue weighted by molar-refractivity contribution is 6.46. The molecule has 1 saturated heterocycles. The van der Waals surface area contributed by atoms with Crippen molar-refractivity contribution >= 4 is 12.9 Å². The zero-order valence-corrected chi connectivity index (χ0v) is 11.4. The molecule has 2 rings (SSSR count). The average molecular weight is 250 g/mol. The molecular formula is C13H19BO4. The molecule has 1 aromatic rings. The molecule has 0 unspecified atom stereocenters. The lowest BCUT2D eigenvalue weighted by Gasteiger charge is -2.32. The Bertz CT molecular complexity index is 406. The van der Waals surface area contributed by atoms with Crippen molar-refractivity contribution in [2.24, 2.45) is 0 Å². The van der Waals surface area contributed by atoms with Crippen molar-refractivity contribution in [2.75, 3.05) is 0 Å². The molecule has 0 saturated carbocycles. The lowest BCUT2D eigenvalue weighted by molar-refractivity contribution is 0.00578. The normalized spacial score (nSPS) is 21.2. The van der Waals surface area contributed by atoms with Gasteiger partial charge >= 0.3 is 7.12 Å². The Morgan fingerprint density at radius 3 is 2.33 bits per heavy atom. The Labute approximate surface area is 108 Å². The summed E-state index contributed by atoms with van der Waals surface area (Å²) in [6.07, 6.45) is 2.42. The summed E-state index contributed by atoms with van der Waals surface area (Å²) in [6.45, 7) is 8.01. The SMILES string of the molecule is CC1(C)OB(CCC(=O)c2ccco2)OC1(C)C. The van der Waals surface area contributed by atoms with Crippen LogP contribution in [0.25, 0.3) is 0 Å². The number of hydrogen-bond acceptors (Lipinski definition) is 4. The predicted molar refractivity (Wildman–Crippen MR) is 68.5 cm³/mol. The van der Waals surface area contributed by atoms with Crippen molar-refractivity contribution in [1.82, 2.24) is 0 Å². The van der Waals surface area contributed by atoms with Crippen LogP contribution in [0.5, 0.6) is 0 Å². The Morgan fingerprint density at radius 1 is 1.22 bits per heavy atom. The van der Waals surface area contributed by atoms with Gasteiger partial charge in [-0.25, -0.2) is 0 Å². The maximum atomic E-state index is 11.8. The second kappa shape index (κ2) is 4.55. The summed E-state index contributed by atoms with van der Waals surface area (Å²) in [4.78, 5) is 11.8. The Kier molecular flexibility index (Phi) is 3.38. The lowest BCUT2D eigenvalue weighted by Crippen LogP contribution is -2.41. The van der Waals surface area contributed by atoms with Gasteiger partial charge in [-0.05, 0) is 46.1 Å². The molecule has 0 spiro atoms. The Morgan fingerprint density at radius 2 is 1.83 bits per heavy atom. The topological polar surface area (TPSA) is 48.7 Å². The van der Waals surface area contributed by atoms with Crippen LogP contribution in [-0.4, -0.2) is 24.1 Å². The van der Waals surface area contributed by atoms with E-state index in [-0.39, 0.29) is 24.1 Å². The first kappa shape index (κ1) is 13.4. The molecule has 98 valence electrons. The molecule has 0 aliphatic carbocycles. The molecule has 1 aliphatic heterocycles. The molecule has 1 fully saturated rings. The van der Waals surface area contributed by atoms with Gasteiger partial charge in [-0.15, -0.1) is 0 Å². The van der Waals surface area contributed by atoms with Crippen molar-refractivity contribution in [3.05, 3.63) is 24.2 Å². The van der Waals surface area contributed by atoms with Crippen LogP contribution < -0.4 is 0 Å². The van der Waals surface area contributed by atoms with E-state index >= 15 is 0 Å². The van der Waals surface area contributed by atoms with Crippen LogP contribution in [-0.2, 0) is 9.31 Å². The van der Waals surface area contributed by atoms with E-state index in [1.54, 1.807) is 12.1 Å². The average Bonchev–Trinajstić information content (AvgIpc) is 2.83. The van der Waals surface area contributed by atoms with Crippen LogP contribution in [0, 0.1) is 0 Å². The van der Waals surface area contributed by atoms with Gasteiger partial charge in [-0.3, -0.25) is 4.79 Å². The Hall–Kier alpha value is -1.07. The molecular weight excluding hydrogens is 231 g/mol. The summed E-state index contributed by atoms with van der Waals surface area (Å²) in [6, 6.07) is 3.38. The van der Waals surface area contributed by atoms with E-state index in [9.17, 15) is 4.79 Å². The molecule has 5 heteroatoms. The van der Waals surface area contributed by atoms with Gasteiger partial charge < -0.3 is 13.7 Å². The minimum Gasteiger partial charge on any atom is -0.461 e. The summed E-state index contributed by atoms with van der Waals surface area (Å²) < 4.78 is 16.7. The number of carbonyl (C=O) groups excluding carboxylic acids is 1. The number of ketones is 1. The fourth-order valence-electron chi connectivity index (χ4n) is 1.89. The predicted octanol–water partition coefficient (Wildman–Crippen LogP) is 2.94. The van der Waals surface area contributed by atoms with Crippen molar-refractivity contribution in [1.29, 1.82) is 0 Å². The fraction of sp³-hybridized carbons (Fsp3) is 0.615. The maximum Gasteiger partial charge on any atom is 0.458 e. The van der Waals surface area contributed by atoms with Crippen LogP contribution in [0.2, 0.25) is 6.32 Å². The van der Waals surface area contributed by atoms with Crippen LogP contribution in [0.4, 0.5) is 0 Å². The highest BCUT2D eigenvalue weighted by Crippen LogP contribution is 2.38. The number of Topliss-reactive ketones (excluding diaryl/α,β-unsaturated/α-hetero) is 1. The molecule has 1 aliphatic rings. The molecule has 0 atom stereocenters. The van der Waals surface area contributed by atoms with Gasteiger partial charge in [0.25, 0.3) is 0 Å². The van der Waals surface area contributed by atoms with E-state index in [0.29, 0.717) is 18.5 Å². The van der Waals surface area contributed by atoms with Crippen LogP contribution >= 0.6 is 0 Å². The van der Waals surface area contributed by atoms with Crippen LogP contribution in [0.3, 0.4) is 0 Å². The van der Waals surface area contributed by atoms with E-state index in [2.05, 4.69) is 0 Å². The quantitative estimate of drug-likeness (QED) is 0.608. The monoisotopic (exact) mass is 250 g/mol. The zero-order chi connectivity index (χ0) is 13.4. The third kappa shape index (κ3) is 2.52. The van der Waals surface area contributed by atoms with Gasteiger partial charge in [-0.1, -0.05) is 0 Å². The van der Waals surface area contributed by atoms with Crippen LogP contribution in [0.15, 0.2) is 22.8 Å². The highest BCUT2D eigenvalue weighted by atomic mass is 16.7. The van der Waals surface area contributed by atoms with Gasteiger partial charge in [0.2, 0.25) is 0 Å². The van der Waals surface area contributed by atoms with Crippen molar-refractivity contribution in [3.63, 3.8) is 0 Å². The second-order valence-electron chi connectivity index (χ2n) is 5.63. The number of hydrogen-bond donors (Lipinski definition) is 0. The summed E-state index contributed by atoms with van der Waals surface area (Å²) in [7, 11) is -0.325. The van der Waals surface area contributed by atoms with Crippen molar-refractivity contribution < 1.29 is 18.5 Å². The molecule has 0 bridgehead atoms. The van der Waals surface area contributed by atoms with E-state index in [1.165, 1.54) is 6.26 Å². The van der Waals surface area contributed by atoms with Gasteiger partial charge in [0, 0.05) is 6.42 Å². The smallest absolute Gasteiger partial charge is 0.458 e. The van der Waals surface area contributed by atoms with E-state index in [0.717, 1.165) is 0 Å².